The lowest BCUT2D eigenvalue weighted by Gasteiger charge is -2.29. The molecule has 1 heterocycles. The Labute approximate surface area is 153 Å². The quantitative estimate of drug-likeness (QED) is 0.744. The van der Waals surface area contributed by atoms with E-state index in [0.717, 1.165) is 42.6 Å². The van der Waals surface area contributed by atoms with Crippen molar-refractivity contribution < 1.29 is 8.42 Å². The Morgan fingerprint density at radius 2 is 1.54 bits per heavy atom. The van der Waals surface area contributed by atoms with E-state index in [4.69, 9.17) is 0 Å². The number of anilines is 2. The average molecular weight is 367 g/mol. The van der Waals surface area contributed by atoms with Crippen LogP contribution in [0.5, 0.6) is 0 Å². The second-order valence-electron chi connectivity index (χ2n) is 6.40. The first kappa shape index (κ1) is 16.9. The van der Waals surface area contributed by atoms with Crippen molar-refractivity contribution in [3.05, 3.63) is 66.7 Å². The molecule has 0 radical (unpaired) electrons. The van der Waals surface area contributed by atoms with Crippen LogP contribution in [0.3, 0.4) is 0 Å². The van der Waals surface area contributed by atoms with Gasteiger partial charge >= 0.3 is 0 Å². The number of benzene rings is 3. The summed E-state index contributed by atoms with van der Waals surface area (Å²) >= 11 is 0. The summed E-state index contributed by atoms with van der Waals surface area (Å²) in [7, 11) is -3.61. The Bertz CT molecular complexity index is 1010. The molecule has 26 heavy (non-hydrogen) atoms. The normalized spacial score (nSPS) is 15.2. The van der Waals surface area contributed by atoms with Gasteiger partial charge in [-0.05, 0) is 47.2 Å². The Morgan fingerprint density at radius 3 is 2.27 bits per heavy atom. The maximum atomic E-state index is 12.7. The number of fused-ring (bicyclic) bond motifs is 1. The topological polar surface area (TPSA) is 61.4 Å². The lowest BCUT2D eigenvalue weighted by molar-refractivity contribution is 0.589. The first-order valence-corrected chi connectivity index (χ1v) is 10.2. The third kappa shape index (κ3) is 3.52. The van der Waals surface area contributed by atoms with Gasteiger partial charge in [-0.1, -0.05) is 30.3 Å². The van der Waals surface area contributed by atoms with Crippen LogP contribution in [0.2, 0.25) is 0 Å². The predicted octanol–water partition coefficient (Wildman–Crippen LogP) is 3.05. The van der Waals surface area contributed by atoms with Crippen molar-refractivity contribution in [2.45, 2.75) is 4.90 Å². The lowest BCUT2D eigenvalue weighted by atomic mass is 10.1. The molecule has 0 atom stereocenters. The Hall–Kier alpha value is -2.57. The highest BCUT2D eigenvalue weighted by Gasteiger charge is 2.16. The van der Waals surface area contributed by atoms with Gasteiger partial charge in [-0.25, -0.2) is 8.42 Å². The van der Waals surface area contributed by atoms with Crippen LogP contribution in [0, 0.1) is 0 Å². The van der Waals surface area contributed by atoms with Crippen LogP contribution >= 0.6 is 0 Å². The molecule has 2 N–H and O–H groups in total. The zero-order chi connectivity index (χ0) is 18.0. The van der Waals surface area contributed by atoms with Crippen molar-refractivity contribution in [3.63, 3.8) is 0 Å². The largest absolute Gasteiger partial charge is 0.369 e. The summed E-state index contributed by atoms with van der Waals surface area (Å²) in [5.74, 6) is 0. The summed E-state index contributed by atoms with van der Waals surface area (Å²) in [4.78, 5) is 2.52. The first-order valence-electron chi connectivity index (χ1n) is 8.69. The minimum absolute atomic E-state index is 0.268. The van der Waals surface area contributed by atoms with E-state index in [2.05, 4.69) is 14.9 Å². The van der Waals surface area contributed by atoms with Crippen LogP contribution in [-0.4, -0.2) is 34.6 Å². The van der Waals surface area contributed by atoms with Crippen LogP contribution in [0.1, 0.15) is 0 Å². The molecule has 0 aliphatic carbocycles. The average Bonchev–Trinajstić information content (AvgIpc) is 2.68. The summed E-state index contributed by atoms with van der Waals surface area (Å²) in [5.41, 5.74) is 1.62. The fraction of sp³-hybridized carbons (Fsp3) is 0.200. The van der Waals surface area contributed by atoms with Gasteiger partial charge in [-0.3, -0.25) is 4.72 Å². The summed E-state index contributed by atoms with van der Waals surface area (Å²) in [6, 6.07) is 20.5. The number of hydrogen-bond donors (Lipinski definition) is 2. The van der Waals surface area contributed by atoms with Gasteiger partial charge in [-0.15, -0.1) is 0 Å². The van der Waals surface area contributed by atoms with Gasteiger partial charge in [0.2, 0.25) is 0 Å². The van der Waals surface area contributed by atoms with Gasteiger partial charge in [0, 0.05) is 37.6 Å². The highest BCUT2D eigenvalue weighted by Crippen LogP contribution is 2.23. The highest BCUT2D eigenvalue weighted by atomic mass is 32.2. The van der Waals surface area contributed by atoms with E-state index in [1.165, 1.54) is 0 Å². The van der Waals surface area contributed by atoms with Gasteiger partial charge in [0.05, 0.1) is 4.90 Å². The molecule has 1 aliphatic heterocycles. The van der Waals surface area contributed by atoms with Crippen molar-refractivity contribution in [1.29, 1.82) is 0 Å². The lowest BCUT2D eigenvalue weighted by Crippen LogP contribution is -2.43. The molecule has 1 saturated heterocycles. The van der Waals surface area contributed by atoms with E-state index in [1.54, 1.807) is 18.2 Å². The third-order valence-corrected chi connectivity index (χ3v) is 6.03. The fourth-order valence-electron chi connectivity index (χ4n) is 3.23. The van der Waals surface area contributed by atoms with Crippen molar-refractivity contribution in [1.82, 2.24) is 5.32 Å². The van der Waals surface area contributed by atoms with E-state index in [9.17, 15) is 8.42 Å². The first-order chi connectivity index (χ1) is 12.6. The van der Waals surface area contributed by atoms with E-state index in [-0.39, 0.29) is 4.90 Å². The molecule has 134 valence electrons. The van der Waals surface area contributed by atoms with Crippen LogP contribution < -0.4 is 14.9 Å². The Kier molecular flexibility index (Phi) is 4.53. The maximum Gasteiger partial charge on any atom is 0.261 e. The summed E-state index contributed by atoms with van der Waals surface area (Å²) < 4.78 is 28.1. The molecule has 0 aromatic heterocycles. The van der Waals surface area contributed by atoms with Crippen molar-refractivity contribution in [2.75, 3.05) is 35.8 Å². The van der Waals surface area contributed by atoms with Gasteiger partial charge in [0.15, 0.2) is 0 Å². The second-order valence-corrected chi connectivity index (χ2v) is 8.08. The summed E-state index contributed by atoms with van der Waals surface area (Å²) in [5, 5.41) is 5.39. The molecule has 0 saturated carbocycles. The van der Waals surface area contributed by atoms with Crippen molar-refractivity contribution in [2.24, 2.45) is 0 Å². The third-order valence-electron chi connectivity index (χ3n) is 4.63. The molecule has 1 aliphatic rings. The number of rotatable bonds is 4. The Morgan fingerprint density at radius 1 is 0.846 bits per heavy atom. The monoisotopic (exact) mass is 367 g/mol. The number of sulfonamides is 1. The van der Waals surface area contributed by atoms with Gasteiger partial charge in [0.1, 0.15) is 0 Å². The molecule has 6 heteroatoms. The second kappa shape index (κ2) is 6.97. The van der Waals surface area contributed by atoms with E-state index in [1.807, 2.05) is 48.5 Å². The molecule has 0 spiro atoms. The molecular formula is C20H21N3O2S. The highest BCUT2D eigenvalue weighted by molar-refractivity contribution is 7.92. The van der Waals surface area contributed by atoms with Crippen molar-refractivity contribution >= 4 is 32.2 Å². The van der Waals surface area contributed by atoms with Crippen LogP contribution in [0.25, 0.3) is 10.8 Å². The maximum absolute atomic E-state index is 12.7. The molecule has 0 amide bonds. The molecular weight excluding hydrogens is 346 g/mol. The summed E-state index contributed by atoms with van der Waals surface area (Å²) in [6.07, 6.45) is 0. The fourth-order valence-corrected chi connectivity index (χ4v) is 4.28. The minimum Gasteiger partial charge on any atom is -0.369 e. The molecule has 5 nitrogen and oxygen atoms in total. The van der Waals surface area contributed by atoms with E-state index >= 15 is 0 Å². The van der Waals surface area contributed by atoms with Crippen LogP contribution in [0.4, 0.5) is 11.4 Å². The van der Waals surface area contributed by atoms with Crippen molar-refractivity contribution in [3.8, 4) is 0 Å². The predicted molar refractivity (Wildman–Crippen MR) is 106 cm³/mol. The molecule has 0 unspecified atom stereocenters. The SMILES string of the molecule is O=S(=O)(Nc1ccc2ccccc2c1)c1ccc(N2CCNCC2)cc1. The van der Waals surface area contributed by atoms with Crippen LogP contribution in [0.15, 0.2) is 71.6 Å². The van der Waals surface area contributed by atoms with Gasteiger partial charge < -0.3 is 10.2 Å². The zero-order valence-electron chi connectivity index (χ0n) is 14.4. The molecule has 0 bridgehead atoms. The standard InChI is InChI=1S/C20H21N3O2S/c24-26(25,22-18-6-5-16-3-1-2-4-17(16)15-18)20-9-7-19(8-10-20)23-13-11-21-12-14-23/h1-10,15,21-22H,11-14H2. The smallest absolute Gasteiger partial charge is 0.261 e. The molecule has 3 aromatic carbocycles. The van der Waals surface area contributed by atoms with Gasteiger partial charge in [-0.2, -0.15) is 0 Å². The summed E-state index contributed by atoms with van der Waals surface area (Å²) in [6.45, 7) is 3.76. The number of nitrogens with zero attached hydrogens (tertiary/aromatic N) is 1. The molecule has 3 aromatic rings. The zero-order valence-corrected chi connectivity index (χ0v) is 15.2. The number of hydrogen-bond acceptors (Lipinski definition) is 4. The Balaban J connectivity index is 1.55. The number of piperazine rings is 1. The molecule has 1 fully saturated rings. The van der Waals surface area contributed by atoms with E-state index < -0.39 is 10.0 Å². The van der Waals surface area contributed by atoms with Gasteiger partial charge in [0.25, 0.3) is 10.0 Å². The van der Waals surface area contributed by atoms with Crippen LogP contribution in [-0.2, 0) is 10.0 Å². The molecule has 4 rings (SSSR count). The minimum atomic E-state index is -3.61. The number of nitrogens with one attached hydrogen (secondary N) is 2. The van der Waals surface area contributed by atoms with E-state index in [0.29, 0.717) is 5.69 Å².